The second-order valence-corrected chi connectivity index (χ2v) is 17.4. The minimum atomic E-state index is -0.196. The molecule has 4 aliphatic rings. The third kappa shape index (κ3) is 10.1. The first-order valence-electron chi connectivity index (χ1n) is 21.2. The van der Waals surface area contributed by atoms with E-state index < -0.39 is 0 Å². The standard InChI is InChI=1S/C44H70N2O6/c1-5-7-9-22-45-40(49)18-24-51-35-26-31(27-36(30-35)52-25-19-41(50)46-23-10-8-6-2)12-11-13-32-28-33-29-34(47)16-20-43(33,3)38-17-21-44(4)37(42(32)38)14-15-39(44)48/h26-27,30,32-33,37-39,42,48H,5-25,28-29H2,1-4H3,(H,45,49)(H,46,50)/t32-,33?,37+,38+,39+,42+,43+,44+/m1/s1. The van der Waals surface area contributed by atoms with Crippen LogP contribution in [0.15, 0.2) is 18.2 Å². The number of Topliss-reactive ketones (excluding diaryl/α,β-unsaturated/α-hetero) is 1. The van der Waals surface area contributed by atoms with Gasteiger partial charge in [0.1, 0.15) is 17.3 Å². The molecule has 4 saturated carbocycles. The molecular weight excluding hydrogens is 652 g/mol. The molecule has 8 heteroatoms. The van der Waals surface area contributed by atoms with Crippen LogP contribution in [0.3, 0.4) is 0 Å². The van der Waals surface area contributed by atoms with Crippen LogP contribution in [-0.4, -0.2) is 55.1 Å². The molecule has 0 bridgehead atoms. The van der Waals surface area contributed by atoms with Crippen LogP contribution in [0.2, 0.25) is 0 Å². The van der Waals surface area contributed by atoms with Crippen LogP contribution in [-0.2, 0) is 20.8 Å². The van der Waals surface area contributed by atoms with Gasteiger partial charge in [-0.1, -0.05) is 53.4 Å². The van der Waals surface area contributed by atoms with Gasteiger partial charge in [-0.05, 0) is 129 Å². The highest BCUT2D eigenvalue weighted by molar-refractivity contribution is 5.79. The number of ketones is 1. The lowest BCUT2D eigenvalue weighted by atomic mass is 9.42. The van der Waals surface area contributed by atoms with E-state index in [-0.39, 0.29) is 28.7 Å². The van der Waals surface area contributed by atoms with Gasteiger partial charge >= 0.3 is 0 Å². The maximum Gasteiger partial charge on any atom is 0.223 e. The van der Waals surface area contributed by atoms with Crippen LogP contribution < -0.4 is 20.1 Å². The molecule has 0 heterocycles. The fourth-order valence-electron chi connectivity index (χ4n) is 10.9. The molecule has 1 aromatic carbocycles. The van der Waals surface area contributed by atoms with Crippen molar-refractivity contribution in [2.75, 3.05) is 26.3 Å². The number of amides is 2. The Balaban J connectivity index is 1.24. The molecule has 292 valence electrons. The Morgan fingerprint density at radius 3 is 2.04 bits per heavy atom. The molecule has 1 unspecified atom stereocenters. The summed E-state index contributed by atoms with van der Waals surface area (Å²) >= 11 is 0. The molecule has 0 aromatic heterocycles. The van der Waals surface area contributed by atoms with Crippen molar-refractivity contribution in [2.24, 2.45) is 40.4 Å². The van der Waals surface area contributed by atoms with Crippen molar-refractivity contribution < 1.29 is 29.0 Å². The Labute approximate surface area is 314 Å². The molecule has 4 aliphatic carbocycles. The van der Waals surface area contributed by atoms with Crippen LogP contribution in [0.25, 0.3) is 0 Å². The second-order valence-electron chi connectivity index (χ2n) is 17.4. The summed E-state index contributed by atoms with van der Waals surface area (Å²) < 4.78 is 12.3. The Morgan fingerprint density at radius 2 is 1.42 bits per heavy atom. The summed E-state index contributed by atoms with van der Waals surface area (Å²) in [6, 6.07) is 6.04. The van der Waals surface area contributed by atoms with E-state index in [1.807, 2.05) is 6.07 Å². The van der Waals surface area contributed by atoms with Gasteiger partial charge < -0.3 is 25.2 Å². The molecule has 52 heavy (non-hydrogen) atoms. The molecular formula is C44H70N2O6. The van der Waals surface area contributed by atoms with Gasteiger partial charge in [-0.15, -0.1) is 0 Å². The number of carbonyl (C=O) groups excluding carboxylic acids is 3. The first kappa shape index (κ1) is 40.6. The quantitative estimate of drug-likeness (QED) is 0.117. The highest BCUT2D eigenvalue weighted by Crippen LogP contribution is 2.67. The molecule has 4 fully saturated rings. The zero-order valence-electron chi connectivity index (χ0n) is 32.9. The minimum Gasteiger partial charge on any atom is -0.493 e. The SMILES string of the molecule is CCCCCNC(=O)CCOc1cc(CCC[C@@H]2CC3CC(=O)CC[C@]3(C)[C@H]3CC[C@]4(C)[C@@H](O)CC[C@H]4[C@H]23)cc(OCCC(=O)NCCCCC)c1. The number of hydrogen-bond acceptors (Lipinski definition) is 6. The molecule has 0 spiro atoms. The third-order valence-electron chi connectivity index (χ3n) is 14.0. The number of nitrogens with one attached hydrogen (secondary N) is 2. The van der Waals surface area contributed by atoms with Gasteiger partial charge in [-0.25, -0.2) is 0 Å². The number of carbonyl (C=O) groups is 3. The van der Waals surface area contributed by atoms with Crippen LogP contribution >= 0.6 is 0 Å². The van der Waals surface area contributed by atoms with Crippen LogP contribution in [0, 0.1) is 40.4 Å². The summed E-state index contributed by atoms with van der Waals surface area (Å²) in [7, 11) is 0. The molecule has 3 N–H and O–H groups in total. The van der Waals surface area contributed by atoms with Crippen LogP contribution in [0.1, 0.15) is 149 Å². The number of aryl methyl sites for hydroxylation is 1. The highest BCUT2D eigenvalue weighted by atomic mass is 16.5. The first-order chi connectivity index (χ1) is 25.1. The number of unbranched alkanes of at least 4 members (excludes halogenated alkanes) is 4. The van der Waals surface area contributed by atoms with E-state index in [0.29, 0.717) is 86.0 Å². The number of hydrogen-bond donors (Lipinski definition) is 3. The number of ether oxygens (including phenoxy) is 2. The lowest BCUT2D eigenvalue weighted by Gasteiger charge is -2.62. The van der Waals surface area contributed by atoms with Crippen LogP contribution in [0.4, 0.5) is 0 Å². The van der Waals surface area contributed by atoms with E-state index in [4.69, 9.17) is 9.47 Å². The lowest BCUT2D eigenvalue weighted by Crippen LogP contribution is -2.57. The summed E-state index contributed by atoms with van der Waals surface area (Å²) in [5.74, 6) is 4.67. The van der Waals surface area contributed by atoms with Crippen molar-refractivity contribution in [3.8, 4) is 11.5 Å². The van der Waals surface area contributed by atoms with E-state index in [1.54, 1.807) is 0 Å². The molecule has 8 atom stereocenters. The summed E-state index contributed by atoms with van der Waals surface area (Å²) in [5.41, 5.74) is 1.39. The largest absolute Gasteiger partial charge is 0.493 e. The van der Waals surface area contributed by atoms with Crippen molar-refractivity contribution in [3.63, 3.8) is 0 Å². The van der Waals surface area contributed by atoms with Gasteiger partial charge in [-0.3, -0.25) is 14.4 Å². The fraction of sp³-hybridized carbons (Fsp3) is 0.795. The summed E-state index contributed by atoms with van der Waals surface area (Å²) in [4.78, 5) is 37.5. The van der Waals surface area contributed by atoms with Gasteiger partial charge in [0.05, 0.1) is 32.2 Å². The van der Waals surface area contributed by atoms with E-state index in [0.717, 1.165) is 108 Å². The van der Waals surface area contributed by atoms with Crippen molar-refractivity contribution in [1.29, 1.82) is 0 Å². The predicted octanol–water partition coefficient (Wildman–Crippen LogP) is 8.36. The normalized spacial score (nSPS) is 30.9. The predicted molar refractivity (Wildman–Crippen MR) is 206 cm³/mol. The van der Waals surface area contributed by atoms with Crippen LogP contribution in [0.5, 0.6) is 11.5 Å². The Kier molecular flexibility index (Phi) is 14.9. The second kappa shape index (κ2) is 19.1. The number of benzene rings is 1. The molecule has 1 aromatic rings. The van der Waals surface area contributed by atoms with Crippen molar-refractivity contribution in [2.45, 2.75) is 156 Å². The molecule has 8 nitrogen and oxygen atoms in total. The van der Waals surface area contributed by atoms with E-state index in [9.17, 15) is 19.5 Å². The van der Waals surface area contributed by atoms with Gasteiger partial charge in [-0.2, -0.15) is 0 Å². The number of aliphatic hydroxyl groups is 1. The molecule has 5 rings (SSSR count). The van der Waals surface area contributed by atoms with Gasteiger partial charge in [0, 0.05) is 32.0 Å². The Bertz CT molecular complexity index is 1290. The molecule has 2 amide bonds. The van der Waals surface area contributed by atoms with Crippen molar-refractivity contribution >= 4 is 17.6 Å². The average Bonchev–Trinajstić information content (AvgIpc) is 3.42. The molecule has 0 aliphatic heterocycles. The number of rotatable bonds is 20. The van der Waals surface area contributed by atoms with E-state index >= 15 is 0 Å². The summed E-state index contributed by atoms with van der Waals surface area (Å²) in [6.45, 7) is 11.2. The number of fused-ring (bicyclic) bond motifs is 5. The first-order valence-corrected chi connectivity index (χ1v) is 21.2. The van der Waals surface area contributed by atoms with Gasteiger partial charge in [0.25, 0.3) is 0 Å². The number of aliphatic hydroxyl groups excluding tert-OH is 1. The lowest BCUT2D eigenvalue weighted by molar-refractivity contribution is -0.156. The highest BCUT2D eigenvalue weighted by Gasteiger charge is 2.62. The monoisotopic (exact) mass is 723 g/mol. The smallest absolute Gasteiger partial charge is 0.223 e. The summed E-state index contributed by atoms with van der Waals surface area (Å²) in [5, 5.41) is 17.1. The maximum atomic E-state index is 12.7. The minimum absolute atomic E-state index is 0.00354. The van der Waals surface area contributed by atoms with E-state index in [1.165, 1.54) is 6.42 Å². The molecule has 0 radical (unpaired) electrons. The summed E-state index contributed by atoms with van der Waals surface area (Å²) in [6.07, 6.45) is 17.8. The molecule has 0 saturated heterocycles. The van der Waals surface area contributed by atoms with Gasteiger partial charge in [0.2, 0.25) is 11.8 Å². The zero-order chi connectivity index (χ0) is 37.1. The average molecular weight is 723 g/mol. The van der Waals surface area contributed by atoms with Gasteiger partial charge in [0.15, 0.2) is 0 Å². The van der Waals surface area contributed by atoms with E-state index in [2.05, 4.69) is 50.5 Å². The Hall–Kier alpha value is -2.61. The van der Waals surface area contributed by atoms with Crippen molar-refractivity contribution in [1.82, 2.24) is 10.6 Å². The zero-order valence-corrected chi connectivity index (χ0v) is 32.9. The Morgan fingerprint density at radius 1 is 0.808 bits per heavy atom. The fourth-order valence-corrected chi connectivity index (χ4v) is 10.9. The maximum absolute atomic E-state index is 12.7. The third-order valence-corrected chi connectivity index (χ3v) is 14.0. The topological polar surface area (TPSA) is 114 Å². The van der Waals surface area contributed by atoms with Crippen molar-refractivity contribution in [3.05, 3.63) is 23.8 Å².